The third-order valence-electron chi connectivity index (χ3n) is 3.07. The van der Waals surface area contributed by atoms with E-state index < -0.39 is 0 Å². The fourth-order valence-corrected chi connectivity index (χ4v) is 2.30. The molecule has 112 valence electrons. The van der Waals surface area contributed by atoms with Crippen LogP contribution in [-0.4, -0.2) is 26.9 Å². The van der Waals surface area contributed by atoms with Crippen molar-refractivity contribution in [1.29, 1.82) is 0 Å². The Hall–Kier alpha value is -2.60. The van der Waals surface area contributed by atoms with Gasteiger partial charge in [-0.1, -0.05) is 17.7 Å². The molecule has 2 aromatic heterocycles. The molecule has 0 aliphatic rings. The molecule has 0 amide bonds. The highest BCUT2D eigenvalue weighted by molar-refractivity contribution is 6.29. The van der Waals surface area contributed by atoms with Crippen molar-refractivity contribution in [3.05, 3.63) is 48.0 Å². The molecule has 22 heavy (non-hydrogen) atoms. The average Bonchev–Trinajstić information content (AvgIpc) is 2.93. The summed E-state index contributed by atoms with van der Waals surface area (Å²) in [6.45, 7) is 0. The van der Waals surface area contributed by atoms with E-state index in [1.165, 1.54) is 0 Å². The maximum atomic E-state index is 5.91. The molecule has 0 saturated carbocycles. The Morgan fingerprint density at radius 2 is 2.09 bits per heavy atom. The van der Waals surface area contributed by atoms with Crippen LogP contribution in [0.15, 0.2) is 42.9 Å². The highest BCUT2D eigenvalue weighted by Gasteiger charge is 2.14. The van der Waals surface area contributed by atoms with Crippen molar-refractivity contribution in [2.45, 2.75) is 0 Å². The highest BCUT2D eigenvalue weighted by atomic mass is 35.5. The zero-order valence-electron chi connectivity index (χ0n) is 12.1. The van der Waals surface area contributed by atoms with E-state index in [4.69, 9.17) is 16.3 Å². The first-order valence-corrected chi connectivity index (χ1v) is 6.97. The molecule has 0 aliphatic carbocycles. The lowest BCUT2D eigenvalue weighted by Gasteiger charge is -2.13. The predicted octanol–water partition coefficient (Wildman–Crippen LogP) is 3.28. The van der Waals surface area contributed by atoms with Crippen LogP contribution in [-0.2, 0) is 7.05 Å². The van der Waals surface area contributed by atoms with Gasteiger partial charge in [-0.25, -0.2) is 9.97 Å². The minimum atomic E-state index is 0.423. The van der Waals surface area contributed by atoms with E-state index in [0.717, 1.165) is 16.9 Å². The quantitative estimate of drug-likeness (QED) is 0.748. The second-order valence-corrected chi connectivity index (χ2v) is 5.01. The van der Waals surface area contributed by atoms with Crippen LogP contribution in [0.1, 0.15) is 0 Å². The lowest BCUT2D eigenvalue weighted by atomic mass is 10.1. The van der Waals surface area contributed by atoms with Gasteiger partial charge in [-0.3, -0.25) is 4.68 Å². The van der Waals surface area contributed by atoms with Gasteiger partial charge >= 0.3 is 0 Å². The average molecular weight is 316 g/mol. The van der Waals surface area contributed by atoms with Crippen LogP contribution < -0.4 is 10.1 Å². The monoisotopic (exact) mass is 315 g/mol. The van der Waals surface area contributed by atoms with Crippen molar-refractivity contribution in [3.8, 4) is 17.1 Å². The molecular formula is C15H14ClN5O. The lowest BCUT2D eigenvalue weighted by Crippen LogP contribution is -1.98. The van der Waals surface area contributed by atoms with Crippen LogP contribution in [0.4, 0.5) is 11.4 Å². The molecule has 3 rings (SSSR count). The first kappa shape index (κ1) is 14.3. The molecule has 0 saturated heterocycles. The molecule has 0 radical (unpaired) electrons. The standard InChI is InChI=1S/C15H14ClN5O/c1-21-9-18-15(20-21)11-4-3-5-12(14(11)22-2)19-10-6-7-17-13(16)8-10/h3-9H,1-2H3,(H,17,19). The molecule has 0 spiro atoms. The van der Waals surface area contributed by atoms with Crippen LogP contribution in [0, 0.1) is 0 Å². The van der Waals surface area contributed by atoms with E-state index >= 15 is 0 Å². The van der Waals surface area contributed by atoms with Gasteiger partial charge in [-0.15, -0.1) is 0 Å². The lowest BCUT2D eigenvalue weighted by molar-refractivity contribution is 0.418. The number of rotatable bonds is 4. The van der Waals surface area contributed by atoms with Crippen molar-refractivity contribution < 1.29 is 4.74 Å². The first-order valence-electron chi connectivity index (χ1n) is 6.59. The van der Waals surface area contributed by atoms with Gasteiger partial charge in [0.1, 0.15) is 11.5 Å². The Kier molecular flexibility index (Phi) is 3.93. The number of benzene rings is 1. The number of nitrogens with zero attached hydrogens (tertiary/aromatic N) is 4. The molecule has 0 unspecified atom stereocenters. The van der Waals surface area contributed by atoms with Crippen LogP contribution in [0.2, 0.25) is 5.15 Å². The summed E-state index contributed by atoms with van der Waals surface area (Å²) < 4.78 is 7.19. The van der Waals surface area contributed by atoms with E-state index in [1.54, 1.807) is 30.4 Å². The molecule has 3 aromatic rings. The zero-order valence-corrected chi connectivity index (χ0v) is 12.9. The van der Waals surface area contributed by atoms with E-state index in [-0.39, 0.29) is 0 Å². The fraction of sp³-hybridized carbons (Fsp3) is 0.133. The van der Waals surface area contributed by atoms with Gasteiger partial charge in [0.25, 0.3) is 0 Å². The van der Waals surface area contributed by atoms with Gasteiger partial charge in [0.05, 0.1) is 18.4 Å². The number of anilines is 2. The minimum absolute atomic E-state index is 0.423. The van der Waals surface area contributed by atoms with Crippen molar-refractivity contribution in [1.82, 2.24) is 19.7 Å². The SMILES string of the molecule is COc1c(Nc2ccnc(Cl)c2)cccc1-c1ncn(C)n1. The second kappa shape index (κ2) is 6.03. The number of aromatic nitrogens is 4. The smallest absolute Gasteiger partial charge is 0.184 e. The summed E-state index contributed by atoms with van der Waals surface area (Å²) in [7, 11) is 3.44. The van der Waals surface area contributed by atoms with Crippen molar-refractivity contribution >= 4 is 23.0 Å². The van der Waals surface area contributed by atoms with Crippen molar-refractivity contribution in [3.63, 3.8) is 0 Å². The Morgan fingerprint density at radius 3 is 2.77 bits per heavy atom. The van der Waals surface area contributed by atoms with Gasteiger partial charge in [0.15, 0.2) is 11.6 Å². The van der Waals surface area contributed by atoms with Gasteiger partial charge < -0.3 is 10.1 Å². The van der Waals surface area contributed by atoms with E-state index in [1.807, 2.05) is 31.3 Å². The molecule has 1 N–H and O–H groups in total. The third-order valence-corrected chi connectivity index (χ3v) is 3.27. The minimum Gasteiger partial charge on any atom is -0.494 e. The van der Waals surface area contributed by atoms with Gasteiger partial charge in [-0.05, 0) is 24.3 Å². The number of hydrogen-bond donors (Lipinski definition) is 1. The van der Waals surface area contributed by atoms with Crippen LogP contribution in [0.3, 0.4) is 0 Å². The predicted molar refractivity (Wildman–Crippen MR) is 85.5 cm³/mol. The van der Waals surface area contributed by atoms with Crippen LogP contribution in [0.25, 0.3) is 11.4 Å². The molecular weight excluding hydrogens is 302 g/mol. The van der Waals surface area contributed by atoms with E-state index in [9.17, 15) is 0 Å². The molecule has 0 atom stereocenters. The van der Waals surface area contributed by atoms with Gasteiger partial charge in [0.2, 0.25) is 0 Å². The molecule has 1 aromatic carbocycles. The fourth-order valence-electron chi connectivity index (χ4n) is 2.13. The Labute approximate surface area is 132 Å². The molecule has 0 aliphatic heterocycles. The molecule has 6 nitrogen and oxygen atoms in total. The molecule has 0 fully saturated rings. The number of halogens is 1. The third kappa shape index (κ3) is 2.87. The van der Waals surface area contributed by atoms with Crippen LogP contribution >= 0.6 is 11.6 Å². The number of pyridine rings is 1. The molecule has 0 bridgehead atoms. The molecule has 7 heteroatoms. The van der Waals surface area contributed by atoms with E-state index in [0.29, 0.717) is 16.7 Å². The summed E-state index contributed by atoms with van der Waals surface area (Å²) in [5.41, 5.74) is 2.44. The van der Waals surface area contributed by atoms with Gasteiger partial charge in [-0.2, -0.15) is 5.10 Å². The summed E-state index contributed by atoms with van der Waals surface area (Å²) in [6, 6.07) is 9.32. The summed E-state index contributed by atoms with van der Waals surface area (Å²) in [6.07, 6.45) is 3.29. The zero-order chi connectivity index (χ0) is 15.5. The number of ether oxygens (including phenoxy) is 1. The second-order valence-electron chi connectivity index (χ2n) is 4.62. The maximum Gasteiger partial charge on any atom is 0.184 e. The molecule has 2 heterocycles. The number of para-hydroxylation sites is 1. The Balaban J connectivity index is 2.01. The summed E-state index contributed by atoms with van der Waals surface area (Å²) in [5.74, 6) is 1.28. The normalized spacial score (nSPS) is 10.5. The summed E-state index contributed by atoms with van der Waals surface area (Å²) in [4.78, 5) is 8.23. The number of hydrogen-bond acceptors (Lipinski definition) is 5. The Morgan fingerprint density at radius 1 is 1.23 bits per heavy atom. The van der Waals surface area contributed by atoms with Crippen LogP contribution in [0.5, 0.6) is 5.75 Å². The Bertz CT molecular complexity index is 802. The highest BCUT2D eigenvalue weighted by Crippen LogP contribution is 2.36. The largest absolute Gasteiger partial charge is 0.494 e. The van der Waals surface area contributed by atoms with E-state index in [2.05, 4.69) is 20.4 Å². The topological polar surface area (TPSA) is 64.9 Å². The first-order chi connectivity index (χ1) is 10.7. The number of nitrogens with one attached hydrogen (secondary N) is 1. The number of methoxy groups -OCH3 is 1. The van der Waals surface area contributed by atoms with Crippen molar-refractivity contribution in [2.75, 3.05) is 12.4 Å². The summed E-state index contributed by atoms with van der Waals surface area (Å²) >= 11 is 5.91. The van der Waals surface area contributed by atoms with Crippen molar-refractivity contribution in [2.24, 2.45) is 7.05 Å². The maximum absolute atomic E-state index is 5.91. The number of aryl methyl sites for hydroxylation is 1. The summed E-state index contributed by atoms with van der Waals surface area (Å²) in [5, 5.41) is 8.01. The van der Waals surface area contributed by atoms with Gasteiger partial charge in [0, 0.05) is 18.9 Å².